The fourth-order valence-corrected chi connectivity index (χ4v) is 0.951. The first-order chi connectivity index (χ1) is 5.82. The van der Waals surface area contributed by atoms with Crippen molar-refractivity contribution in [2.24, 2.45) is 0 Å². The van der Waals surface area contributed by atoms with Gasteiger partial charge < -0.3 is 5.11 Å². The van der Waals surface area contributed by atoms with E-state index >= 15 is 0 Å². The lowest BCUT2D eigenvalue weighted by atomic mass is 10.1. The van der Waals surface area contributed by atoms with Crippen LogP contribution in [0.4, 0.5) is 17.6 Å². The van der Waals surface area contributed by atoms with E-state index in [4.69, 9.17) is 5.11 Å². The van der Waals surface area contributed by atoms with E-state index in [1.807, 2.05) is 0 Å². The van der Waals surface area contributed by atoms with E-state index in [1.54, 1.807) is 0 Å². The minimum absolute atomic E-state index is 0.114. The molecule has 0 aliphatic rings. The van der Waals surface area contributed by atoms with Crippen LogP contribution in [0.5, 0.6) is 5.75 Å². The Kier molecular flexibility index (Phi) is 2.19. The van der Waals surface area contributed by atoms with Gasteiger partial charge in [0.05, 0.1) is 0 Å². The van der Waals surface area contributed by atoms with Crippen molar-refractivity contribution in [1.29, 1.82) is 0 Å². The van der Waals surface area contributed by atoms with Crippen molar-refractivity contribution in [3.05, 3.63) is 29.1 Å². The standard InChI is InChI=1S/C8H6F4O/c1-4-2-5(8(10,11)12)7(13)6(9)3-4/h2-3,13H,1H3. The zero-order chi connectivity index (χ0) is 10.2. The SMILES string of the molecule is Cc1cc(F)c(O)c(C(F)(F)F)c1. The Morgan fingerprint density at radius 2 is 1.77 bits per heavy atom. The topological polar surface area (TPSA) is 20.2 Å². The second-order valence-electron chi connectivity index (χ2n) is 2.64. The molecular weight excluding hydrogens is 188 g/mol. The maximum Gasteiger partial charge on any atom is 0.420 e. The molecule has 0 heterocycles. The van der Waals surface area contributed by atoms with Crippen LogP contribution >= 0.6 is 0 Å². The normalized spacial score (nSPS) is 11.8. The van der Waals surface area contributed by atoms with Crippen LogP contribution in [0.25, 0.3) is 0 Å². The summed E-state index contributed by atoms with van der Waals surface area (Å²) in [5, 5.41) is 8.76. The van der Waals surface area contributed by atoms with Crippen molar-refractivity contribution in [3.63, 3.8) is 0 Å². The van der Waals surface area contributed by atoms with Crippen LogP contribution in [0.15, 0.2) is 12.1 Å². The highest BCUT2D eigenvalue weighted by molar-refractivity contribution is 5.39. The van der Waals surface area contributed by atoms with E-state index in [0.29, 0.717) is 6.07 Å². The molecule has 0 unspecified atom stereocenters. The summed E-state index contributed by atoms with van der Waals surface area (Å²) in [7, 11) is 0. The van der Waals surface area contributed by atoms with Crippen molar-refractivity contribution < 1.29 is 22.7 Å². The summed E-state index contributed by atoms with van der Waals surface area (Å²) in [5.74, 6) is -2.61. The minimum Gasteiger partial charge on any atom is -0.504 e. The summed E-state index contributed by atoms with van der Waals surface area (Å²) in [6.45, 7) is 1.32. The third kappa shape index (κ3) is 1.91. The maximum atomic E-state index is 12.6. The number of rotatable bonds is 0. The average molecular weight is 194 g/mol. The van der Waals surface area contributed by atoms with Gasteiger partial charge in [0.2, 0.25) is 0 Å². The molecule has 1 aromatic rings. The maximum absolute atomic E-state index is 12.6. The lowest BCUT2D eigenvalue weighted by Crippen LogP contribution is -2.06. The summed E-state index contributed by atoms with van der Waals surface area (Å²) in [6.07, 6.45) is -4.73. The Morgan fingerprint density at radius 3 is 2.23 bits per heavy atom. The van der Waals surface area contributed by atoms with Crippen LogP contribution in [-0.2, 0) is 6.18 Å². The number of benzene rings is 1. The van der Waals surface area contributed by atoms with Crippen LogP contribution in [0.1, 0.15) is 11.1 Å². The van der Waals surface area contributed by atoms with Gasteiger partial charge in [0, 0.05) is 0 Å². The quantitative estimate of drug-likeness (QED) is 0.629. The molecule has 0 saturated heterocycles. The van der Waals surface area contributed by atoms with Crippen LogP contribution in [0, 0.1) is 12.7 Å². The minimum atomic E-state index is -4.73. The third-order valence-electron chi connectivity index (χ3n) is 1.51. The number of alkyl halides is 3. The van der Waals surface area contributed by atoms with E-state index in [-0.39, 0.29) is 5.56 Å². The largest absolute Gasteiger partial charge is 0.504 e. The van der Waals surface area contributed by atoms with E-state index in [1.165, 1.54) is 6.92 Å². The molecule has 0 aliphatic carbocycles. The molecule has 0 amide bonds. The Morgan fingerprint density at radius 1 is 1.23 bits per heavy atom. The summed E-state index contributed by atoms with van der Waals surface area (Å²) < 4.78 is 48.9. The van der Waals surface area contributed by atoms with Crippen LogP contribution in [0.3, 0.4) is 0 Å². The lowest BCUT2D eigenvalue weighted by molar-refractivity contribution is -0.139. The van der Waals surface area contributed by atoms with Crippen LogP contribution in [-0.4, -0.2) is 5.11 Å². The number of hydrogen-bond donors (Lipinski definition) is 1. The van der Waals surface area contributed by atoms with Crippen molar-refractivity contribution in [1.82, 2.24) is 0 Å². The average Bonchev–Trinajstić information content (AvgIpc) is 1.94. The molecule has 0 spiro atoms. The van der Waals surface area contributed by atoms with Crippen molar-refractivity contribution in [2.75, 3.05) is 0 Å². The predicted molar refractivity (Wildman–Crippen MR) is 37.8 cm³/mol. The number of halogens is 4. The van der Waals surface area contributed by atoms with Crippen molar-refractivity contribution >= 4 is 0 Å². The number of phenols is 1. The second kappa shape index (κ2) is 2.90. The molecule has 13 heavy (non-hydrogen) atoms. The van der Waals surface area contributed by atoms with Crippen LogP contribution < -0.4 is 0 Å². The smallest absolute Gasteiger partial charge is 0.420 e. The summed E-state index contributed by atoms with van der Waals surface area (Å²) in [5.41, 5.74) is -1.23. The van der Waals surface area contributed by atoms with Crippen molar-refractivity contribution in [2.45, 2.75) is 13.1 Å². The molecule has 5 heteroatoms. The van der Waals surface area contributed by atoms with Gasteiger partial charge in [0.15, 0.2) is 11.6 Å². The van der Waals surface area contributed by atoms with Gasteiger partial charge in [0.1, 0.15) is 5.56 Å². The highest BCUT2D eigenvalue weighted by Crippen LogP contribution is 2.37. The summed E-state index contributed by atoms with van der Waals surface area (Å²) in [6, 6.07) is 1.53. The van der Waals surface area contributed by atoms with Gasteiger partial charge in [0.25, 0.3) is 0 Å². The number of aromatic hydroxyl groups is 1. The van der Waals surface area contributed by atoms with E-state index in [2.05, 4.69) is 0 Å². The Hall–Kier alpha value is -1.26. The summed E-state index contributed by atoms with van der Waals surface area (Å²) in [4.78, 5) is 0. The van der Waals surface area contributed by atoms with Crippen molar-refractivity contribution in [3.8, 4) is 5.75 Å². The van der Waals surface area contributed by atoms with Gasteiger partial charge in [-0.1, -0.05) is 0 Å². The molecule has 0 aliphatic heterocycles. The van der Waals surface area contributed by atoms with E-state index in [9.17, 15) is 17.6 Å². The van der Waals surface area contributed by atoms with Crippen LogP contribution in [0.2, 0.25) is 0 Å². The molecule has 0 radical (unpaired) electrons. The summed E-state index contributed by atoms with van der Waals surface area (Å²) >= 11 is 0. The van der Waals surface area contributed by atoms with Gasteiger partial charge in [-0.25, -0.2) is 4.39 Å². The highest BCUT2D eigenvalue weighted by atomic mass is 19.4. The predicted octanol–water partition coefficient (Wildman–Crippen LogP) is 2.86. The Bertz CT molecular complexity index is 330. The number of phenolic OH excluding ortho intramolecular Hbond substituents is 1. The van der Waals surface area contributed by atoms with Gasteiger partial charge >= 0.3 is 6.18 Å². The molecule has 1 aromatic carbocycles. The zero-order valence-electron chi connectivity index (χ0n) is 6.61. The Balaban J connectivity index is 3.37. The molecule has 1 nitrogen and oxygen atoms in total. The molecule has 0 saturated carbocycles. The molecular formula is C8H6F4O. The first kappa shape index (κ1) is 9.83. The van der Waals surface area contributed by atoms with Gasteiger partial charge in [-0.15, -0.1) is 0 Å². The molecule has 0 fully saturated rings. The van der Waals surface area contributed by atoms with Gasteiger partial charge in [-0.05, 0) is 24.6 Å². The fraction of sp³-hybridized carbons (Fsp3) is 0.250. The number of aryl methyl sites for hydroxylation is 1. The third-order valence-corrected chi connectivity index (χ3v) is 1.51. The molecule has 0 atom stereocenters. The van der Waals surface area contributed by atoms with Gasteiger partial charge in [-0.2, -0.15) is 13.2 Å². The zero-order valence-corrected chi connectivity index (χ0v) is 6.61. The second-order valence-corrected chi connectivity index (χ2v) is 2.64. The first-order valence-corrected chi connectivity index (χ1v) is 3.38. The first-order valence-electron chi connectivity index (χ1n) is 3.38. The Labute approximate surface area is 71.6 Å². The fourth-order valence-electron chi connectivity index (χ4n) is 0.951. The molecule has 72 valence electrons. The molecule has 1 rings (SSSR count). The van der Waals surface area contributed by atoms with Gasteiger partial charge in [-0.3, -0.25) is 0 Å². The molecule has 0 bridgehead atoms. The monoisotopic (exact) mass is 194 g/mol. The van der Waals surface area contributed by atoms with E-state index in [0.717, 1.165) is 6.07 Å². The lowest BCUT2D eigenvalue weighted by Gasteiger charge is -2.09. The molecule has 1 N–H and O–H groups in total. The number of hydrogen-bond acceptors (Lipinski definition) is 1. The van der Waals surface area contributed by atoms with E-state index < -0.39 is 23.3 Å². The molecule has 0 aromatic heterocycles. The highest BCUT2D eigenvalue weighted by Gasteiger charge is 2.35.